The fourth-order valence-electron chi connectivity index (χ4n) is 3.52. The Morgan fingerprint density at radius 2 is 1.86 bits per heavy atom. The zero-order valence-corrected chi connectivity index (χ0v) is 13.5. The minimum atomic E-state index is -1.63. The van der Waals surface area contributed by atoms with Crippen molar-refractivity contribution < 1.29 is 18.7 Å². The van der Waals surface area contributed by atoms with Crippen molar-refractivity contribution in [1.82, 2.24) is 14.7 Å². The number of rotatable bonds is 2. The number of halogens is 1. The molecule has 1 unspecified atom stereocenters. The summed E-state index contributed by atoms with van der Waals surface area (Å²) in [6, 6.07) is -0.287. The van der Waals surface area contributed by atoms with E-state index in [1.54, 1.807) is 23.9 Å². The van der Waals surface area contributed by atoms with Gasteiger partial charge in [0.1, 0.15) is 11.6 Å². The minimum absolute atomic E-state index is 0.0155. The summed E-state index contributed by atoms with van der Waals surface area (Å²) in [6.07, 6.45) is 1.47. The molecule has 7 heteroatoms. The molecule has 0 aromatic heterocycles. The van der Waals surface area contributed by atoms with Gasteiger partial charge in [-0.15, -0.1) is 0 Å². The molecule has 2 amide bonds. The van der Waals surface area contributed by atoms with Crippen molar-refractivity contribution in [3.63, 3.8) is 0 Å². The quantitative estimate of drug-likeness (QED) is 0.713. The summed E-state index contributed by atoms with van der Waals surface area (Å²) >= 11 is 0. The summed E-state index contributed by atoms with van der Waals surface area (Å²) in [5.74, 6) is -0.371. The van der Waals surface area contributed by atoms with Crippen molar-refractivity contribution in [1.29, 1.82) is 0 Å². The Morgan fingerprint density at radius 1 is 1.23 bits per heavy atom. The Hall–Kier alpha value is -1.21. The number of ether oxygens (including phenoxy) is 1. The fourth-order valence-corrected chi connectivity index (χ4v) is 3.52. The van der Waals surface area contributed by atoms with Crippen molar-refractivity contribution in [3.8, 4) is 0 Å². The Labute approximate surface area is 130 Å². The Kier molecular flexibility index (Phi) is 3.68. The van der Waals surface area contributed by atoms with Crippen LogP contribution in [0.3, 0.4) is 0 Å². The normalized spacial score (nSPS) is 29.6. The van der Waals surface area contributed by atoms with Gasteiger partial charge in [-0.3, -0.25) is 14.5 Å². The van der Waals surface area contributed by atoms with Crippen molar-refractivity contribution in [3.05, 3.63) is 0 Å². The first kappa shape index (κ1) is 15.7. The Morgan fingerprint density at radius 3 is 2.32 bits per heavy atom. The molecule has 0 aromatic carbocycles. The second-order valence-electron chi connectivity index (χ2n) is 7.14. The van der Waals surface area contributed by atoms with Gasteiger partial charge in [-0.05, 0) is 26.3 Å². The van der Waals surface area contributed by atoms with Gasteiger partial charge in [0.15, 0.2) is 5.67 Å². The monoisotopic (exact) mass is 313 g/mol. The smallest absolute Gasteiger partial charge is 0.260 e. The average Bonchev–Trinajstić information content (AvgIpc) is 2.40. The average molecular weight is 313 g/mol. The predicted molar refractivity (Wildman–Crippen MR) is 78.1 cm³/mol. The third kappa shape index (κ3) is 2.40. The molecule has 1 saturated carbocycles. The SMILES string of the molecule is CN(C)C(=O)C1COC2(CN(C(=O)C3(F)CCC3)C2)CN1C. The molecule has 2 heterocycles. The molecule has 124 valence electrons. The molecule has 6 nitrogen and oxygen atoms in total. The van der Waals surface area contributed by atoms with Crippen LogP contribution in [0.2, 0.25) is 0 Å². The second kappa shape index (κ2) is 5.16. The summed E-state index contributed by atoms with van der Waals surface area (Å²) in [4.78, 5) is 29.3. The topological polar surface area (TPSA) is 53.1 Å². The zero-order valence-electron chi connectivity index (χ0n) is 13.5. The van der Waals surface area contributed by atoms with E-state index in [9.17, 15) is 14.0 Å². The largest absolute Gasteiger partial charge is 0.368 e. The molecule has 3 rings (SSSR count). The predicted octanol–water partition coefficient (Wildman–Crippen LogP) is -0.122. The van der Waals surface area contributed by atoms with Gasteiger partial charge in [0.25, 0.3) is 5.91 Å². The molecule has 3 aliphatic rings. The summed E-state index contributed by atoms with van der Waals surface area (Å²) in [5.41, 5.74) is -2.07. The van der Waals surface area contributed by atoms with Crippen LogP contribution in [0.5, 0.6) is 0 Å². The molecule has 1 aliphatic carbocycles. The summed E-state index contributed by atoms with van der Waals surface area (Å²) < 4.78 is 20.1. The lowest BCUT2D eigenvalue weighted by Gasteiger charge is -2.56. The molecular weight excluding hydrogens is 289 g/mol. The number of likely N-dealkylation sites (tertiary alicyclic amines) is 1. The number of morpholine rings is 1. The summed E-state index contributed by atoms with van der Waals surface area (Å²) in [7, 11) is 5.34. The van der Waals surface area contributed by atoms with Gasteiger partial charge in [0.05, 0.1) is 19.7 Å². The zero-order chi connectivity index (χ0) is 16.1. The molecule has 22 heavy (non-hydrogen) atoms. The first-order valence-corrected chi connectivity index (χ1v) is 7.80. The van der Waals surface area contributed by atoms with Gasteiger partial charge in [0.2, 0.25) is 5.91 Å². The van der Waals surface area contributed by atoms with E-state index in [4.69, 9.17) is 4.74 Å². The second-order valence-corrected chi connectivity index (χ2v) is 7.14. The molecule has 1 atom stereocenters. The lowest BCUT2D eigenvalue weighted by atomic mass is 9.79. The van der Waals surface area contributed by atoms with Crippen LogP contribution in [-0.4, -0.2) is 91.2 Å². The number of amides is 2. The van der Waals surface area contributed by atoms with E-state index in [2.05, 4.69) is 0 Å². The fraction of sp³-hybridized carbons (Fsp3) is 0.867. The lowest BCUT2D eigenvalue weighted by Crippen LogP contribution is -2.74. The van der Waals surface area contributed by atoms with Gasteiger partial charge < -0.3 is 14.5 Å². The number of likely N-dealkylation sites (N-methyl/N-ethyl adjacent to an activating group) is 2. The van der Waals surface area contributed by atoms with E-state index in [0.29, 0.717) is 39.1 Å². The molecule has 0 N–H and O–H groups in total. The van der Waals surface area contributed by atoms with Crippen LogP contribution in [0.25, 0.3) is 0 Å². The van der Waals surface area contributed by atoms with Crippen molar-refractivity contribution in [2.75, 3.05) is 47.4 Å². The van der Waals surface area contributed by atoms with E-state index in [0.717, 1.165) is 6.42 Å². The molecule has 0 radical (unpaired) electrons. The third-order valence-electron chi connectivity index (χ3n) is 5.12. The highest BCUT2D eigenvalue weighted by Gasteiger charge is 2.56. The van der Waals surface area contributed by atoms with E-state index in [1.807, 2.05) is 11.9 Å². The molecule has 3 fully saturated rings. The van der Waals surface area contributed by atoms with Crippen LogP contribution in [-0.2, 0) is 14.3 Å². The van der Waals surface area contributed by atoms with Crippen LogP contribution in [0.15, 0.2) is 0 Å². The third-order valence-corrected chi connectivity index (χ3v) is 5.12. The number of carbonyl (C=O) groups excluding carboxylic acids is 2. The van der Waals surface area contributed by atoms with E-state index in [1.165, 1.54) is 0 Å². The molecular formula is C15H24FN3O3. The van der Waals surface area contributed by atoms with Gasteiger partial charge in [0, 0.05) is 20.6 Å². The van der Waals surface area contributed by atoms with Crippen LogP contribution in [0.4, 0.5) is 4.39 Å². The lowest BCUT2D eigenvalue weighted by molar-refractivity contribution is -0.209. The number of hydrogen-bond donors (Lipinski definition) is 0. The number of hydrogen-bond acceptors (Lipinski definition) is 4. The molecule has 0 bridgehead atoms. The van der Waals surface area contributed by atoms with Crippen LogP contribution >= 0.6 is 0 Å². The van der Waals surface area contributed by atoms with E-state index in [-0.39, 0.29) is 17.9 Å². The van der Waals surface area contributed by atoms with Gasteiger partial charge >= 0.3 is 0 Å². The van der Waals surface area contributed by atoms with Gasteiger partial charge in [-0.1, -0.05) is 0 Å². The Bertz CT molecular complexity index is 486. The molecule has 0 aromatic rings. The maximum absolute atomic E-state index is 14.2. The molecule has 2 aliphatic heterocycles. The minimum Gasteiger partial charge on any atom is -0.368 e. The number of carbonyl (C=O) groups is 2. The number of nitrogens with zero attached hydrogens (tertiary/aromatic N) is 3. The van der Waals surface area contributed by atoms with Gasteiger partial charge in [-0.2, -0.15) is 0 Å². The highest BCUT2D eigenvalue weighted by molar-refractivity contribution is 5.87. The maximum atomic E-state index is 14.2. The van der Waals surface area contributed by atoms with Crippen LogP contribution < -0.4 is 0 Å². The van der Waals surface area contributed by atoms with E-state index < -0.39 is 11.3 Å². The maximum Gasteiger partial charge on any atom is 0.260 e. The van der Waals surface area contributed by atoms with Crippen LogP contribution in [0.1, 0.15) is 19.3 Å². The number of alkyl halides is 1. The molecule has 1 spiro atoms. The first-order chi connectivity index (χ1) is 10.3. The first-order valence-electron chi connectivity index (χ1n) is 7.80. The highest BCUT2D eigenvalue weighted by atomic mass is 19.1. The highest BCUT2D eigenvalue weighted by Crippen LogP contribution is 2.40. The van der Waals surface area contributed by atoms with E-state index >= 15 is 0 Å². The van der Waals surface area contributed by atoms with Crippen molar-refractivity contribution >= 4 is 11.8 Å². The van der Waals surface area contributed by atoms with Gasteiger partial charge in [-0.25, -0.2) is 4.39 Å². The standard InChI is InChI=1S/C15H24FN3O3/c1-17(2)12(20)11-7-22-14(8-18(11)3)9-19(10-14)13(21)15(16)5-4-6-15/h11H,4-10H2,1-3H3. The van der Waals surface area contributed by atoms with Crippen LogP contribution in [0, 0.1) is 0 Å². The molecule has 2 saturated heterocycles. The summed E-state index contributed by atoms with van der Waals surface area (Å²) in [5, 5.41) is 0. The van der Waals surface area contributed by atoms with Crippen molar-refractivity contribution in [2.24, 2.45) is 0 Å². The van der Waals surface area contributed by atoms with Crippen molar-refractivity contribution in [2.45, 2.75) is 36.6 Å². The Balaban J connectivity index is 1.56. The summed E-state index contributed by atoms with van der Waals surface area (Å²) in [6.45, 7) is 1.74.